The molecule has 1 aromatic rings. The van der Waals surface area contributed by atoms with Gasteiger partial charge in [0.2, 0.25) is 0 Å². The lowest BCUT2D eigenvalue weighted by Crippen LogP contribution is -2.48. The van der Waals surface area contributed by atoms with Crippen molar-refractivity contribution in [1.82, 2.24) is 4.90 Å². The quantitative estimate of drug-likeness (QED) is 0.837. The molecule has 0 saturated carbocycles. The average molecular weight is 300 g/mol. The van der Waals surface area contributed by atoms with Gasteiger partial charge in [-0.2, -0.15) is 0 Å². The summed E-state index contributed by atoms with van der Waals surface area (Å²) in [7, 11) is 0. The summed E-state index contributed by atoms with van der Waals surface area (Å²) in [5, 5.41) is 19.6. The number of carbonyl (C=O) groups is 1. The van der Waals surface area contributed by atoms with Crippen LogP contribution in [0.5, 0.6) is 0 Å². The second-order valence-corrected chi connectivity index (χ2v) is 5.17. The number of benzene rings is 1. The molecule has 5 heteroatoms. The van der Waals surface area contributed by atoms with Crippen molar-refractivity contribution in [3.05, 3.63) is 34.3 Å². The number of halogens is 1. The van der Waals surface area contributed by atoms with Crippen LogP contribution in [-0.2, 0) is 5.60 Å². The molecule has 17 heavy (non-hydrogen) atoms. The molecule has 0 spiro atoms. The largest absolute Gasteiger partial charge is 0.465 e. The summed E-state index contributed by atoms with van der Waals surface area (Å²) in [6.45, 7) is 0.618. The lowest BCUT2D eigenvalue weighted by molar-refractivity contribution is -0.0300. The van der Waals surface area contributed by atoms with E-state index in [9.17, 15) is 9.90 Å². The molecule has 92 valence electrons. The normalized spacial score (nSPS) is 24.7. The molecule has 1 aliphatic heterocycles. The number of nitrogens with zero attached hydrogens (tertiary/aromatic N) is 1. The number of hydrogen-bond donors (Lipinski definition) is 2. The summed E-state index contributed by atoms with van der Waals surface area (Å²) in [6, 6.07) is 7.40. The number of β-amino-alcohol motifs (C(OH)–C–C–N with tert-alkyl or cyclic N) is 1. The maximum atomic E-state index is 11.0. The SMILES string of the molecule is O=C(O)N1CCCC(O)(c2ccccc2Br)C1. The summed E-state index contributed by atoms with van der Waals surface area (Å²) >= 11 is 3.40. The van der Waals surface area contributed by atoms with Crippen molar-refractivity contribution in [1.29, 1.82) is 0 Å². The van der Waals surface area contributed by atoms with E-state index >= 15 is 0 Å². The molecule has 1 fully saturated rings. The zero-order valence-corrected chi connectivity index (χ0v) is 10.9. The van der Waals surface area contributed by atoms with Gasteiger partial charge >= 0.3 is 6.09 Å². The molecule has 0 radical (unpaired) electrons. The highest BCUT2D eigenvalue weighted by Crippen LogP contribution is 2.35. The van der Waals surface area contributed by atoms with E-state index in [0.717, 1.165) is 10.0 Å². The third-order valence-corrected chi connectivity index (χ3v) is 3.81. The van der Waals surface area contributed by atoms with Gasteiger partial charge in [0.25, 0.3) is 0 Å². The molecule has 4 nitrogen and oxygen atoms in total. The van der Waals surface area contributed by atoms with Crippen LogP contribution in [0.15, 0.2) is 28.7 Å². The minimum atomic E-state index is -1.09. The van der Waals surface area contributed by atoms with Gasteiger partial charge in [-0.1, -0.05) is 34.1 Å². The molecule has 0 aromatic heterocycles. The van der Waals surface area contributed by atoms with Crippen molar-refractivity contribution in [2.45, 2.75) is 18.4 Å². The highest BCUT2D eigenvalue weighted by Gasteiger charge is 2.37. The molecule has 0 aliphatic carbocycles. The number of rotatable bonds is 1. The molecule has 1 atom stereocenters. The monoisotopic (exact) mass is 299 g/mol. The van der Waals surface area contributed by atoms with Crippen LogP contribution in [0.1, 0.15) is 18.4 Å². The lowest BCUT2D eigenvalue weighted by Gasteiger charge is -2.38. The van der Waals surface area contributed by atoms with Crippen LogP contribution in [0.25, 0.3) is 0 Å². The van der Waals surface area contributed by atoms with Crippen LogP contribution in [0.4, 0.5) is 4.79 Å². The Bertz CT molecular complexity index is 438. The van der Waals surface area contributed by atoms with Crippen LogP contribution >= 0.6 is 15.9 Å². The Morgan fingerprint density at radius 2 is 2.12 bits per heavy atom. The first-order valence-electron chi connectivity index (χ1n) is 5.48. The standard InChI is InChI=1S/C12H14BrNO3/c13-10-5-2-1-4-9(10)12(17)6-3-7-14(8-12)11(15)16/h1-2,4-5,17H,3,6-8H2,(H,15,16). The van der Waals surface area contributed by atoms with Crippen molar-refractivity contribution in [2.24, 2.45) is 0 Å². The van der Waals surface area contributed by atoms with E-state index < -0.39 is 11.7 Å². The summed E-state index contributed by atoms with van der Waals surface area (Å²) in [5.74, 6) is 0. The van der Waals surface area contributed by atoms with Gasteiger partial charge in [0.1, 0.15) is 5.60 Å². The first-order valence-corrected chi connectivity index (χ1v) is 6.27. The molecule has 2 rings (SSSR count). The van der Waals surface area contributed by atoms with Crippen molar-refractivity contribution < 1.29 is 15.0 Å². The van der Waals surface area contributed by atoms with Gasteiger partial charge in [-0.3, -0.25) is 0 Å². The zero-order chi connectivity index (χ0) is 12.5. The number of amides is 1. The van der Waals surface area contributed by atoms with Crippen molar-refractivity contribution >= 4 is 22.0 Å². The Hall–Kier alpha value is -1.07. The summed E-state index contributed by atoms with van der Waals surface area (Å²) < 4.78 is 0.815. The van der Waals surface area contributed by atoms with Crippen LogP contribution in [-0.4, -0.2) is 34.3 Å². The maximum absolute atomic E-state index is 11.0. The van der Waals surface area contributed by atoms with Crippen LogP contribution in [0.2, 0.25) is 0 Å². The number of piperidine rings is 1. The Balaban J connectivity index is 2.30. The third kappa shape index (κ3) is 2.45. The first-order chi connectivity index (χ1) is 8.03. The summed E-state index contributed by atoms with van der Waals surface area (Å²) in [6.07, 6.45) is 0.277. The van der Waals surface area contributed by atoms with E-state index in [0.29, 0.717) is 19.4 Å². The number of carboxylic acid groups (broad SMARTS) is 1. The number of hydrogen-bond acceptors (Lipinski definition) is 2. The summed E-state index contributed by atoms with van der Waals surface area (Å²) in [5.41, 5.74) is -0.331. The molecule has 1 aromatic carbocycles. The fraction of sp³-hybridized carbons (Fsp3) is 0.417. The summed E-state index contributed by atoms with van der Waals surface area (Å²) in [4.78, 5) is 12.2. The number of likely N-dealkylation sites (tertiary alicyclic amines) is 1. The van der Waals surface area contributed by atoms with Gasteiger partial charge in [0, 0.05) is 11.0 Å². The van der Waals surface area contributed by atoms with E-state index in [2.05, 4.69) is 15.9 Å². The molecule has 1 aliphatic rings. The van der Waals surface area contributed by atoms with Gasteiger partial charge in [0.05, 0.1) is 6.54 Å². The lowest BCUT2D eigenvalue weighted by atomic mass is 9.86. The molecule has 1 unspecified atom stereocenters. The van der Waals surface area contributed by atoms with E-state index in [1.165, 1.54) is 4.90 Å². The van der Waals surface area contributed by atoms with Crippen molar-refractivity contribution in [2.75, 3.05) is 13.1 Å². The Morgan fingerprint density at radius 1 is 1.41 bits per heavy atom. The van der Waals surface area contributed by atoms with Gasteiger partial charge in [0.15, 0.2) is 0 Å². The number of aliphatic hydroxyl groups is 1. The maximum Gasteiger partial charge on any atom is 0.407 e. The minimum Gasteiger partial charge on any atom is -0.465 e. The third-order valence-electron chi connectivity index (χ3n) is 3.12. The second-order valence-electron chi connectivity index (χ2n) is 4.32. The Morgan fingerprint density at radius 3 is 2.76 bits per heavy atom. The first kappa shape index (κ1) is 12.4. The highest BCUT2D eigenvalue weighted by molar-refractivity contribution is 9.10. The van der Waals surface area contributed by atoms with Crippen molar-refractivity contribution in [3.8, 4) is 0 Å². The van der Waals surface area contributed by atoms with Gasteiger partial charge in [-0.15, -0.1) is 0 Å². The van der Waals surface area contributed by atoms with Crippen LogP contribution in [0, 0.1) is 0 Å². The van der Waals surface area contributed by atoms with Crippen LogP contribution < -0.4 is 0 Å². The fourth-order valence-electron chi connectivity index (χ4n) is 2.26. The predicted octanol–water partition coefficient (Wildman–Crippen LogP) is 2.41. The molecular weight excluding hydrogens is 286 g/mol. The van der Waals surface area contributed by atoms with E-state index in [1.807, 2.05) is 24.3 Å². The Kier molecular flexibility index (Phi) is 3.40. The highest BCUT2D eigenvalue weighted by atomic mass is 79.9. The molecule has 1 heterocycles. The van der Waals surface area contributed by atoms with Gasteiger partial charge in [-0.25, -0.2) is 4.79 Å². The average Bonchev–Trinajstić information content (AvgIpc) is 2.29. The topological polar surface area (TPSA) is 60.8 Å². The van der Waals surface area contributed by atoms with Crippen LogP contribution in [0.3, 0.4) is 0 Å². The molecular formula is C12H14BrNO3. The minimum absolute atomic E-state index is 0.130. The van der Waals surface area contributed by atoms with E-state index in [4.69, 9.17) is 5.11 Å². The van der Waals surface area contributed by atoms with Gasteiger partial charge in [-0.05, 0) is 24.5 Å². The molecule has 1 amide bonds. The smallest absolute Gasteiger partial charge is 0.407 e. The Labute approximate surface area is 108 Å². The van der Waals surface area contributed by atoms with E-state index in [1.54, 1.807) is 0 Å². The second kappa shape index (κ2) is 4.66. The molecule has 0 bridgehead atoms. The predicted molar refractivity (Wildman–Crippen MR) is 66.9 cm³/mol. The van der Waals surface area contributed by atoms with E-state index in [-0.39, 0.29) is 6.54 Å². The fourth-order valence-corrected chi connectivity index (χ4v) is 2.91. The van der Waals surface area contributed by atoms with Gasteiger partial charge < -0.3 is 15.1 Å². The molecule has 1 saturated heterocycles. The zero-order valence-electron chi connectivity index (χ0n) is 9.27. The molecule has 2 N–H and O–H groups in total. The van der Waals surface area contributed by atoms with Crippen molar-refractivity contribution in [3.63, 3.8) is 0 Å².